The zero-order chi connectivity index (χ0) is 14.7. The zero-order valence-electron chi connectivity index (χ0n) is 10.8. The van der Waals surface area contributed by atoms with E-state index in [0.717, 1.165) is 22.5 Å². The van der Waals surface area contributed by atoms with Crippen LogP contribution in [-0.4, -0.2) is 0 Å². The number of hydrogen-bond donors (Lipinski definition) is 1. The molecule has 0 fully saturated rings. The minimum Gasteiger partial charge on any atom is -0.375 e. The van der Waals surface area contributed by atoms with E-state index >= 15 is 0 Å². The third-order valence-electron chi connectivity index (χ3n) is 2.98. The van der Waals surface area contributed by atoms with Crippen LogP contribution in [0.15, 0.2) is 45.3 Å². The van der Waals surface area contributed by atoms with Gasteiger partial charge in [0.15, 0.2) is 0 Å². The summed E-state index contributed by atoms with van der Waals surface area (Å²) in [5.41, 5.74) is 1.32. The maximum atomic E-state index is 13.9. The highest BCUT2D eigenvalue weighted by Gasteiger charge is 2.15. The molecule has 20 heavy (non-hydrogen) atoms. The van der Waals surface area contributed by atoms with Crippen molar-refractivity contribution in [3.8, 4) is 0 Å². The summed E-state index contributed by atoms with van der Waals surface area (Å²) >= 11 is 6.61. The van der Waals surface area contributed by atoms with Crippen molar-refractivity contribution in [2.24, 2.45) is 0 Å². The first kappa shape index (κ1) is 15.4. The molecule has 1 unspecified atom stereocenters. The Bertz CT molecular complexity index is 594. The number of hydrogen-bond acceptors (Lipinski definition) is 1. The van der Waals surface area contributed by atoms with Crippen molar-refractivity contribution in [2.45, 2.75) is 19.4 Å². The van der Waals surface area contributed by atoms with Crippen LogP contribution in [0, 0.1) is 11.6 Å². The van der Waals surface area contributed by atoms with Crippen LogP contribution in [-0.2, 0) is 0 Å². The van der Waals surface area contributed by atoms with Crippen molar-refractivity contribution in [1.29, 1.82) is 0 Å². The molecule has 0 bridgehead atoms. The van der Waals surface area contributed by atoms with Gasteiger partial charge in [0, 0.05) is 15.0 Å². The molecule has 0 aliphatic rings. The Morgan fingerprint density at radius 2 is 1.90 bits per heavy atom. The molecular weight excluding hydrogens is 392 g/mol. The van der Waals surface area contributed by atoms with Gasteiger partial charge in [-0.2, -0.15) is 0 Å². The summed E-state index contributed by atoms with van der Waals surface area (Å²) in [5.74, 6) is -1.21. The molecule has 0 aliphatic heterocycles. The van der Waals surface area contributed by atoms with Gasteiger partial charge in [0.05, 0.1) is 11.7 Å². The molecule has 0 aliphatic carbocycles. The van der Waals surface area contributed by atoms with Gasteiger partial charge in [-0.05, 0) is 46.1 Å². The lowest BCUT2D eigenvalue weighted by Gasteiger charge is -2.20. The van der Waals surface area contributed by atoms with Gasteiger partial charge in [0.2, 0.25) is 0 Å². The normalized spacial score (nSPS) is 12.2. The van der Waals surface area contributed by atoms with Crippen LogP contribution < -0.4 is 5.32 Å². The third-order valence-corrected chi connectivity index (χ3v) is 4.10. The fourth-order valence-electron chi connectivity index (χ4n) is 2.00. The number of rotatable bonds is 4. The summed E-state index contributed by atoms with van der Waals surface area (Å²) in [6.07, 6.45) is 0.777. The zero-order valence-corrected chi connectivity index (χ0v) is 13.9. The monoisotopic (exact) mass is 403 g/mol. The van der Waals surface area contributed by atoms with Crippen LogP contribution >= 0.6 is 31.9 Å². The fraction of sp³-hybridized carbons (Fsp3) is 0.200. The average molecular weight is 405 g/mol. The largest absolute Gasteiger partial charge is 0.375 e. The molecule has 2 aromatic rings. The van der Waals surface area contributed by atoms with E-state index in [4.69, 9.17) is 0 Å². The minimum absolute atomic E-state index is 0.0521. The molecule has 0 amide bonds. The van der Waals surface area contributed by atoms with Crippen molar-refractivity contribution in [2.75, 3.05) is 5.32 Å². The molecule has 0 saturated carbocycles. The first-order chi connectivity index (χ1) is 9.51. The molecule has 0 saturated heterocycles. The Kier molecular flexibility index (Phi) is 5.16. The third kappa shape index (κ3) is 3.58. The second-order valence-corrected chi connectivity index (χ2v) is 6.17. The van der Waals surface area contributed by atoms with Gasteiger partial charge in [-0.25, -0.2) is 8.78 Å². The Hall–Kier alpha value is -0.940. The van der Waals surface area contributed by atoms with E-state index in [1.165, 1.54) is 6.07 Å². The molecule has 1 nitrogen and oxygen atoms in total. The smallest absolute Gasteiger partial charge is 0.150 e. The molecule has 1 N–H and O–H groups in total. The molecule has 2 rings (SSSR count). The lowest BCUT2D eigenvalue weighted by atomic mass is 10.0. The Balaban J connectivity index is 2.32. The van der Waals surface area contributed by atoms with Gasteiger partial charge >= 0.3 is 0 Å². The van der Waals surface area contributed by atoms with Gasteiger partial charge < -0.3 is 5.32 Å². The van der Waals surface area contributed by atoms with Crippen LogP contribution in [0.3, 0.4) is 0 Å². The first-order valence-corrected chi connectivity index (χ1v) is 7.76. The molecular formula is C15H13Br2F2N. The maximum absolute atomic E-state index is 13.9. The summed E-state index contributed by atoms with van der Waals surface area (Å²) in [7, 11) is 0. The van der Waals surface area contributed by atoms with E-state index in [0.29, 0.717) is 4.47 Å². The van der Waals surface area contributed by atoms with Crippen molar-refractivity contribution < 1.29 is 8.78 Å². The van der Waals surface area contributed by atoms with E-state index < -0.39 is 11.6 Å². The number of halogens is 4. The van der Waals surface area contributed by atoms with E-state index in [-0.39, 0.29) is 11.7 Å². The molecule has 0 heterocycles. The molecule has 1 atom stereocenters. The van der Waals surface area contributed by atoms with Crippen molar-refractivity contribution in [3.05, 3.63) is 62.5 Å². The van der Waals surface area contributed by atoms with E-state index in [2.05, 4.69) is 37.2 Å². The summed E-state index contributed by atoms with van der Waals surface area (Å²) < 4.78 is 28.3. The Labute approximate surface area is 133 Å². The minimum atomic E-state index is -0.606. The molecule has 106 valence electrons. The van der Waals surface area contributed by atoms with Crippen molar-refractivity contribution in [1.82, 2.24) is 0 Å². The van der Waals surface area contributed by atoms with Gasteiger partial charge in [-0.1, -0.05) is 35.0 Å². The fourth-order valence-corrected chi connectivity index (χ4v) is 2.94. The van der Waals surface area contributed by atoms with Crippen LogP contribution in [0.1, 0.15) is 24.9 Å². The summed E-state index contributed by atoms with van der Waals surface area (Å²) in [6.45, 7) is 2.01. The van der Waals surface area contributed by atoms with E-state index in [1.807, 2.05) is 31.2 Å². The van der Waals surface area contributed by atoms with E-state index in [9.17, 15) is 8.78 Å². The topological polar surface area (TPSA) is 12.0 Å². The highest BCUT2D eigenvalue weighted by molar-refractivity contribution is 9.10. The van der Waals surface area contributed by atoms with Gasteiger partial charge in [0.1, 0.15) is 11.6 Å². The van der Waals surface area contributed by atoms with Crippen LogP contribution in [0.2, 0.25) is 0 Å². The molecule has 2 aromatic carbocycles. The van der Waals surface area contributed by atoms with Crippen LogP contribution in [0.5, 0.6) is 0 Å². The molecule has 0 aromatic heterocycles. The lowest BCUT2D eigenvalue weighted by molar-refractivity contribution is 0.581. The predicted octanol–water partition coefficient (Wildman–Crippen LogP) is 6.05. The second kappa shape index (κ2) is 6.68. The SMILES string of the molecule is CCC(Nc1c(F)cc(F)cc1Br)c1cccc(Br)c1. The number of nitrogens with one attached hydrogen (secondary N) is 1. The molecule has 0 radical (unpaired) electrons. The second-order valence-electron chi connectivity index (χ2n) is 4.40. The van der Waals surface area contributed by atoms with Gasteiger partial charge in [-0.15, -0.1) is 0 Å². The molecule has 0 spiro atoms. The Morgan fingerprint density at radius 3 is 2.50 bits per heavy atom. The summed E-state index contributed by atoms with van der Waals surface area (Å²) in [6, 6.07) is 9.89. The number of benzene rings is 2. The first-order valence-electron chi connectivity index (χ1n) is 6.17. The highest BCUT2D eigenvalue weighted by Crippen LogP contribution is 2.32. The highest BCUT2D eigenvalue weighted by atomic mass is 79.9. The van der Waals surface area contributed by atoms with Crippen LogP contribution in [0.4, 0.5) is 14.5 Å². The average Bonchev–Trinajstić information content (AvgIpc) is 2.38. The van der Waals surface area contributed by atoms with Crippen molar-refractivity contribution in [3.63, 3.8) is 0 Å². The quantitative estimate of drug-likeness (QED) is 0.653. The van der Waals surface area contributed by atoms with Crippen molar-refractivity contribution >= 4 is 37.5 Å². The Morgan fingerprint density at radius 1 is 1.15 bits per heavy atom. The predicted molar refractivity (Wildman–Crippen MR) is 84.9 cm³/mol. The van der Waals surface area contributed by atoms with Gasteiger partial charge in [0.25, 0.3) is 0 Å². The summed E-state index contributed by atoms with van der Waals surface area (Å²) in [5, 5.41) is 3.13. The summed E-state index contributed by atoms with van der Waals surface area (Å²) in [4.78, 5) is 0. The molecule has 5 heteroatoms. The van der Waals surface area contributed by atoms with Gasteiger partial charge in [-0.3, -0.25) is 0 Å². The van der Waals surface area contributed by atoms with E-state index in [1.54, 1.807) is 0 Å². The maximum Gasteiger partial charge on any atom is 0.150 e. The lowest BCUT2D eigenvalue weighted by Crippen LogP contribution is -2.11. The van der Waals surface area contributed by atoms with Crippen LogP contribution in [0.25, 0.3) is 0 Å². The standard InChI is InChI=1S/C15H13Br2F2N/c1-2-14(9-4-3-5-10(16)6-9)20-15-12(17)7-11(18)8-13(15)19/h3-8,14,20H,2H2,1H3. The number of anilines is 1.